The molecule has 0 aliphatic carbocycles. The average molecular weight is 455 g/mol. The largest absolute Gasteiger partial charge is 0.334 e. The van der Waals surface area contributed by atoms with E-state index in [-0.39, 0.29) is 22.9 Å². The van der Waals surface area contributed by atoms with Crippen LogP contribution in [0.15, 0.2) is 58.2 Å². The van der Waals surface area contributed by atoms with Gasteiger partial charge < -0.3 is 9.88 Å². The van der Waals surface area contributed by atoms with Gasteiger partial charge in [0.1, 0.15) is 5.82 Å². The van der Waals surface area contributed by atoms with E-state index in [1.807, 2.05) is 0 Å². The van der Waals surface area contributed by atoms with Crippen LogP contribution >= 0.6 is 0 Å². The lowest BCUT2D eigenvalue weighted by Crippen LogP contribution is -2.39. The third-order valence-electron chi connectivity index (χ3n) is 5.75. The molecule has 1 aromatic heterocycles. The lowest BCUT2D eigenvalue weighted by atomic mass is 10.0. The summed E-state index contributed by atoms with van der Waals surface area (Å²) in [5.74, 6) is 0.419. The molecule has 0 bridgehead atoms. The van der Waals surface area contributed by atoms with Crippen molar-refractivity contribution in [1.82, 2.24) is 19.2 Å². The van der Waals surface area contributed by atoms with E-state index < -0.39 is 10.0 Å². The van der Waals surface area contributed by atoms with Gasteiger partial charge >= 0.3 is 0 Å². The Morgan fingerprint density at radius 2 is 1.91 bits per heavy atom. The SMILES string of the molecule is C[C@H]1CCCN(S(=O)(=O)c2ccc(C(=O)N(C)Cc3nc4ccccc4c(=O)[nH]3)cc2)C1. The van der Waals surface area contributed by atoms with Crippen molar-refractivity contribution in [3.05, 3.63) is 70.3 Å². The molecule has 0 saturated carbocycles. The number of benzene rings is 2. The molecule has 0 unspecified atom stereocenters. The number of carbonyl (C=O) groups is 1. The summed E-state index contributed by atoms with van der Waals surface area (Å²) in [6.07, 6.45) is 1.88. The quantitative estimate of drug-likeness (QED) is 0.638. The topological polar surface area (TPSA) is 103 Å². The minimum Gasteiger partial charge on any atom is -0.334 e. The Bertz CT molecular complexity index is 1300. The van der Waals surface area contributed by atoms with Crippen LogP contribution in [0.1, 0.15) is 35.9 Å². The molecule has 0 spiro atoms. The summed E-state index contributed by atoms with van der Waals surface area (Å²) in [4.78, 5) is 33.8. The molecule has 9 heteroatoms. The van der Waals surface area contributed by atoms with E-state index in [0.717, 1.165) is 12.8 Å². The Balaban J connectivity index is 1.49. The predicted octanol–water partition coefficient (Wildman–Crippen LogP) is 2.62. The molecular formula is C23H26N4O4S. The highest BCUT2D eigenvalue weighted by atomic mass is 32.2. The van der Waals surface area contributed by atoms with Gasteiger partial charge in [-0.3, -0.25) is 9.59 Å². The highest BCUT2D eigenvalue weighted by molar-refractivity contribution is 7.89. The summed E-state index contributed by atoms with van der Waals surface area (Å²) in [5.41, 5.74) is 0.670. The first kappa shape index (κ1) is 22.2. The molecule has 1 saturated heterocycles. The number of hydrogen-bond donors (Lipinski definition) is 1. The molecule has 4 rings (SSSR count). The van der Waals surface area contributed by atoms with Crippen LogP contribution in [0.3, 0.4) is 0 Å². The molecular weight excluding hydrogens is 428 g/mol. The normalized spacial score (nSPS) is 17.4. The van der Waals surface area contributed by atoms with Crippen molar-refractivity contribution >= 4 is 26.8 Å². The van der Waals surface area contributed by atoms with Crippen molar-refractivity contribution in [2.24, 2.45) is 5.92 Å². The third kappa shape index (κ3) is 4.44. The van der Waals surface area contributed by atoms with Gasteiger partial charge in [0, 0.05) is 25.7 Å². The van der Waals surface area contributed by atoms with Crippen LogP contribution in [0.4, 0.5) is 0 Å². The minimum absolute atomic E-state index is 0.116. The van der Waals surface area contributed by atoms with Crippen LogP contribution in [-0.2, 0) is 16.6 Å². The van der Waals surface area contributed by atoms with E-state index in [0.29, 0.717) is 41.3 Å². The molecule has 3 aromatic rings. The summed E-state index contributed by atoms with van der Waals surface area (Å²) in [6.45, 7) is 3.21. The average Bonchev–Trinajstić information content (AvgIpc) is 2.78. The lowest BCUT2D eigenvalue weighted by molar-refractivity contribution is 0.0781. The number of aromatic amines is 1. The molecule has 32 heavy (non-hydrogen) atoms. The van der Waals surface area contributed by atoms with E-state index in [9.17, 15) is 18.0 Å². The maximum Gasteiger partial charge on any atom is 0.258 e. The van der Waals surface area contributed by atoms with Crippen molar-refractivity contribution in [3.63, 3.8) is 0 Å². The van der Waals surface area contributed by atoms with Crippen LogP contribution in [0.25, 0.3) is 10.9 Å². The Morgan fingerprint density at radius 1 is 1.19 bits per heavy atom. The van der Waals surface area contributed by atoms with Gasteiger partial charge in [-0.05, 0) is 55.2 Å². The molecule has 2 aromatic carbocycles. The first-order valence-electron chi connectivity index (χ1n) is 10.6. The van der Waals surface area contributed by atoms with Crippen molar-refractivity contribution in [1.29, 1.82) is 0 Å². The van der Waals surface area contributed by atoms with E-state index in [1.165, 1.54) is 33.5 Å². The Hall–Kier alpha value is -3.04. The Labute approximate surface area is 186 Å². The van der Waals surface area contributed by atoms with Crippen LogP contribution < -0.4 is 5.56 Å². The maximum atomic E-state index is 12.9. The molecule has 1 N–H and O–H groups in total. The monoisotopic (exact) mass is 454 g/mol. The van der Waals surface area contributed by atoms with Gasteiger partial charge in [0.15, 0.2) is 0 Å². The molecule has 1 aliphatic heterocycles. The van der Waals surface area contributed by atoms with Crippen molar-refractivity contribution in [3.8, 4) is 0 Å². The number of fused-ring (bicyclic) bond motifs is 1. The summed E-state index contributed by atoms with van der Waals surface area (Å²) in [7, 11) is -1.96. The number of sulfonamides is 1. The molecule has 1 aliphatic rings. The summed E-state index contributed by atoms with van der Waals surface area (Å²) < 4.78 is 27.4. The standard InChI is InChI=1S/C23H26N4O4S/c1-16-6-5-13-27(14-16)32(30,31)18-11-9-17(10-12-18)23(29)26(2)15-21-24-20-8-4-3-7-19(20)22(28)25-21/h3-4,7-12,16H,5-6,13-15H2,1-2H3,(H,24,25,28)/t16-/m0/s1. The summed E-state index contributed by atoms with van der Waals surface area (Å²) >= 11 is 0. The van der Waals surface area contributed by atoms with Gasteiger partial charge in [0.05, 0.1) is 22.3 Å². The van der Waals surface area contributed by atoms with E-state index >= 15 is 0 Å². The molecule has 2 heterocycles. The number of piperidine rings is 1. The van der Waals surface area contributed by atoms with Gasteiger partial charge in [0.25, 0.3) is 11.5 Å². The van der Waals surface area contributed by atoms with Crippen LogP contribution in [0.2, 0.25) is 0 Å². The van der Waals surface area contributed by atoms with Gasteiger partial charge in [-0.2, -0.15) is 4.31 Å². The van der Waals surface area contributed by atoms with Gasteiger partial charge in [-0.1, -0.05) is 19.1 Å². The number of nitrogens with one attached hydrogen (secondary N) is 1. The zero-order valence-electron chi connectivity index (χ0n) is 18.1. The smallest absolute Gasteiger partial charge is 0.258 e. The highest BCUT2D eigenvalue weighted by Gasteiger charge is 2.28. The number of amides is 1. The second-order valence-electron chi connectivity index (χ2n) is 8.33. The summed E-state index contributed by atoms with van der Waals surface area (Å²) in [5, 5.41) is 0.491. The van der Waals surface area contributed by atoms with E-state index in [2.05, 4.69) is 16.9 Å². The van der Waals surface area contributed by atoms with Gasteiger partial charge in [0.2, 0.25) is 10.0 Å². The second-order valence-corrected chi connectivity index (χ2v) is 10.3. The fourth-order valence-electron chi connectivity index (χ4n) is 4.01. The number of hydrogen-bond acceptors (Lipinski definition) is 5. The van der Waals surface area contributed by atoms with E-state index in [1.54, 1.807) is 31.3 Å². The van der Waals surface area contributed by atoms with Gasteiger partial charge in [-0.15, -0.1) is 0 Å². The predicted molar refractivity (Wildman–Crippen MR) is 122 cm³/mol. The van der Waals surface area contributed by atoms with Gasteiger partial charge in [-0.25, -0.2) is 13.4 Å². The number of para-hydroxylation sites is 1. The van der Waals surface area contributed by atoms with E-state index in [4.69, 9.17) is 0 Å². The molecule has 1 fully saturated rings. The van der Waals surface area contributed by atoms with Crippen LogP contribution in [-0.4, -0.2) is 53.6 Å². The molecule has 1 amide bonds. The number of aromatic nitrogens is 2. The number of rotatable bonds is 5. The van der Waals surface area contributed by atoms with Crippen molar-refractivity contribution in [2.45, 2.75) is 31.2 Å². The first-order valence-corrected chi connectivity index (χ1v) is 12.0. The van der Waals surface area contributed by atoms with Crippen LogP contribution in [0, 0.1) is 5.92 Å². The molecule has 0 radical (unpaired) electrons. The minimum atomic E-state index is -3.57. The number of carbonyl (C=O) groups excluding carboxylic acids is 1. The number of nitrogens with zero attached hydrogens (tertiary/aromatic N) is 3. The highest BCUT2D eigenvalue weighted by Crippen LogP contribution is 2.24. The zero-order valence-corrected chi connectivity index (χ0v) is 18.9. The Morgan fingerprint density at radius 3 is 2.62 bits per heavy atom. The molecule has 8 nitrogen and oxygen atoms in total. The van der Waals surface area contributed by atoms with Crippen molar-refractivity contribution < 1.29 is 13.2 Å². The summed E-state index contributed by atoms with van der Waals surface area (Å²) in [6, 6.07) is 13.0. The molecule has 168 valence electrons. The second kappa shape index (κ2) is 8.84. The fourth-order valence-corrected chi connectivity index (χ4v) is 5.61. The maximum absolute atomic E-state index is 12.9. The fraction of sp³-hybridized carbons (Fsp3) is 0.348. The number of H-pyrrole nitrogens is 1. The zero-order chi connectivity index (χ0) is 22.9. The lowest BCUT2D eigenvalue weighted by Gasteiger charge is -2.30. The molecule has 1 atom stereocenters. The van der Waals surface area contributed by atoms with Crippen LogP contribution in [0.5, 0.6) is 0 Å². The van der Waals surface area contributed by atoms with Crippen molar-refractivity contribution in [2.75, 3.05) is 20.1 Å². The third-order valence-corrected chi connectivity index (χ3v) is 7.63. The Kier molecular flexibility index (Phi) is 6.12. The first-order chi connectivity index (χ1) is 15.3.